The van der Waals surface area contributed by atoms with Gasteiger partial charge in [0, 0.05) is 13.1 Å². The van der Waals surface area contributed by atoms with Crippen LogP contribution >= 0.6 is 11.3 Å². The van der Waals surface area contributed by atoms with Crippen molar-refractivity contribution >= 4 is 11.3 Å². The molecule has 0 N–H and O–H groups in total. The molecule has 1 heterocycles. The number of thiazole rings is 1. The molecule has 0 amide bonds. The van der Waals surface area contributed by atoms with Gasteiger partial charge in [0.1, 0.15) is 0 Å². The molecule has 0 aromatic carbocycles. The van der Waals surface area contributed by atoms with Crippen LogP contribution in [0.15, 0.2) is 0 Å². The topological polar surface area (TPSA) is 12.9 Å². The van der Waals surface area contributed by atoms with Crippen LogP contribution < -0.4 is 0 Å². The lowest BCUT2D eigenvalue weighted by molar-refractivity contribution is 0.820. The Morgan fingerprint density at radius 1 is 1.50 bits per heavy atom. The van der Waals surface area contributed by atoms with Crippen molar-refractivity contribution in [3.63, 3.8) is 0 Å². The van der Waals surface area contributed by atoms with E-state index in [0.29, 0.717) is 5.69 Å². The summed E-state index contributed by atoms with van der Waals surface area (Å²) >= 11 is 0.766. The van der Waals surface area contributed by atoms with Crippen molar-refractivity contribution in [1.82, 2.24) is 4.98 Å². The molecule has 1 rings (SSSR count). The fourth-order valence-corrected chi connectivity index (χ4v) is 1.45. The number of hydrogen-bond donors (Lipinski definition) is 0. The molecule has 0 spiro atoms. The normalized spacial score (nSPS) is 22.3. The Kier molecular flexibility index (Phi) is 0.794. The standard InChI is InChI=1S/C8H13NS/c1-5(2)8-6(3)10-7(4)9-8/h5H,1-4H3/i3D3,4D3. The van der Waals surface area contributed by atoms with Crippen LogP contribution in [-0.2, 0) is 0 Å². The Hall–Kier alpha value is -0.370. The summed E-state index contributed by atoms with van der Waals surface area (Å²) in [4.78, 5) is 4.03. The first-order chi connectivity index (χ1) is 7.03. The molecular formula is C8H13NS. The summed E-state index contributed by atoms with van der Waals surface area (Å²) in [7, 11) is 0. The van der Waals surface area contributed by atoms with E-state index in [1.54, 1.807) is 13.8 Å². The SMILES string of the molecule is [2H]C([2H])([2H])c1nc(C(C)C)c(C([2H])([2H])[2H])s1. The third-order valence-corrected chi connectivity index (χ3v) is 1.90. The predicted molar refractivity (Wildman–Crippen MR) is 45.7 cm³/mol. The zero-order valence-electron chi connectivity index (χ0n) is 11.9. The minimum absolute atomic E-state index is 0.0913. The van der Waals surface area contributed by atoms with Gasteiger partial charge in [0.15, 0.2) is 0 Å². The summed E-state index contributed by atoms with van der Waals surface area (Å²) in [5.41, 5.74) is 0.371. The second-order valence-electron chi connectivity index (χ2n) is 2.39. The fourth-order valence-electron chi connectivity index (χ4n) is 0.723. The van der Waals surface area contributed by atoms with Crippen LogP contribution in [0.4, 0.5) is 0 Å². The molecule has 0 aliphatic carbocycles. The monoisotopic (exact) mass is 161 g/mol. The molecule has 0 radical (unpaired) electrons. The van der Waals surface area contributed by atoms with E-state index in [1.807, 2.05) is 0 Å². The van der Waals surface area contributed by atoms with Crippen molar-refractivity contribution in [3.05, 3.63) is 15.6 Å². The van der Waals surface area contributed by atoms with E-state index in [4.69, 9.17) is 8.22 Å². The van der Waals surface area contributed by atoms with E-state index in [2.05, 4.69) is 4.98 Å². The molecule has 56 valence electrons. The Morgan fingerprint density at radius 3 is 2.70 bits per heavy atom. The highest BCUT2D eigenvalue weighted by molar-refractivity contribution is 7.11. The van der Waals surface area contributed by atoms with E-state index in [9.17, 15) is 0 Å². The smallest absolute Gasteiger partial charge is 0.0900 e. The highest BCUT2D eigenvalue weighted by atomic mass is 32.1. The van der Waals surface area contributed by atoms with Crippen molar-refractivity contribution in [2.24, 2.45) is 0 Å². The number of nitrogens with zero attached hydrogens (tertiary/aromatic N) is 1. The highest BCUT2D eigenvalue weighted by Gasteiger charge is 2.07. The molecular weight excluding hydrogens is 142 g/mol. The summed E-state index contributed by atoms with van der Waals surface area (Å²) in [6.45, 7) is -1.03. The molecule has 10 heavy (non-hydrogen) atoms. The van der Waals surface area contributed by atoms with Gasteiger partial charge in [-0.25, -0.2) is 4.98 Å². The third-order valence-electron chi connectivity index (χ3n) is 1.20. The van der Waals surface area contributed by atoms with Gasteiger partial charge in [-0.05, 0) is 19.6 Å². The van der Waals surface area contributed by atoms with E-state index >= 15 is 0 Å². The average molecular weight is 161 g/mol. The quantitative estimate of drug-likeness (QED) is 0.617. The maximum Gasteiger partial charge on any atom is 0.0900 e. The molecule has 1 aromatic heterocycles. The lowest BCUT2D eigenvalue weighted by Crippen LogP contribution is -1.89. The van der Waals surface area contributed by atoms with E-state index in [0.717, 1.165) is 11.3 Å². The van der Waals surface area contributed by atoms with Gasteiger partial charge in [0.05, 0.1) is 10.7 Å². The van der Waals surface area contributed by atoms with Crippen LogP contribution in [0, 0.1) is 13.7 Å². The zero-order valence-corrected chi connectivity index (χ0v) is 6.75. The van der Waals surface area contributed by atoms with Gasteiger partial charge in [-0.15, -0.1) is 11.3 Å². The predicted octanol–water partition coefficient (Wildman–Crippen LogP) is 2.88. The van der Waals surface area contributed by atoms with Crippen LogP contribution in [0.1, 0.15) is 43.6 Å². The van der Waals surface area contributed by atoms with Crippen LogP contribution in [0.5, 0.6) is 0 Å². The highest BCUT2D eigenvalue weighted by Crippen LogP contribution is 2.22. The summed E-state index contributed by atoms with van der Waals surface area (Å²) in [5, 5.41) is -0.0951. The Balaban J connectivity index is 3.32. The first kappa shape index (κ1) is 2.94. The lowest BCUT2D eigenvalue weighted by Gasteiger charge is -1.99. The van der Waals surface area contributed by atoms with Gasteiger partial charge in [0.25, 0.3) is 0 Å². The molecule has 1 aromatic rings. The Labute approximate surface area is 74.5 Å². The zero-order chi connectivity index (χ0) is 12.7. The summed E-state index contributed by atoms with van der Waals surface area (Å²) in [5.74, 6) is -0.0947. The number of aryl methyl sites for hydroxylation is 2. The number of rotatable bonds is 1. The summed E-state index contributed by atoms with van der Waals surface area (Å²) in [6.07, 6.45) is 0. The second kappa shape index (κ2) is 2.70. The molecule has 0 unspecified atom stereocenters. The van der Waals surface area contributed by atoms with E-state index in [1.165, 1.54) is 0 Å². The van der Waals surface area contributed by atoms with Gasteiger partial charge in [-0.3, -0.25) is 0 Å². The molecule has 0 fully saturated rings. The summed E-state index contributed by atoms with van der Waals surface area (Å²) in [6, 6.07) is 0. The van der Waals surface area contributed by atoms with Crippen molar-refractivity contribution < 1.29 is 8.22 Å². The van der Waals surface area contributed by atoms with Gasteiger partial charge >= 0.3 is 0 Å². The molecule has 0 saturated carbocycles. The summed E-state index contributed by atoms with van der Waals surface area (Å²) < 4.78 is 43.7. The van der Waals surface area contributed by atoms with Crippen LogP contribution in [0.25, 0.3) is 0 Å². The van der Waals surface area contributed by atoms with Gasteiger partial charge in [-0.1, -0.05) is 13.8 Å². The first-order valence-electron chi connectivity index (χ1n) is 6.05. The molecule has 1 nitrogen and oxygen atoms in total. The lowest BCUT2D eigenvalue weighted by atomic mass is 10.1. The Morgan fingerprint density at radius 2 is 2.30 bits per heavy atom. The Bertz CT molecular complexity index is 375. The van der Waals surface area contributed by atoms with Crippen LogP contribution in [0.3, 0.4) is 0 Å². The molecule has 0 saturated heterocycles. The molecule has 0 aliphatic rings. The maximum atomic E-state index is 7.34. The van der Waals surface area contributed by atoms with Crippen LogP contribution in [-0.4, -0.2) is 4.98 Å². The number of aromatic nitrogens is 1. The van der Waals surface area contributed by atoms with Crippen molar-refractivity contribution in [2.45, 2.75) is 33.5 Å². The minimum Gasteiger partial charge on any atom is -0.246 e. The van der Waals surface area contributed by atoms with Gasteiger partial charge in [-0.2, -0.15) is 0 Å². The van der Waals surface area contributed by atoms with Crippen molar-refractivity contribution in [1.29, 1.82) is 0 Å². The maximum absolute atomic E-state index is 7.34. The van der Waals surface area contributed by atoms with Gasteiger partial charge in [0.2, 0.25) is 0 Å². The molecule has 0 bridgehead atoms. The van der Waals surface area contributed by atoms with E-state index in [-0.39, 0.29) is 15.8 Å². The average Bonchev–Trinajstić information content (AvgIpc) is 2.44. The second-order valence-corrected chi connectivity index (χ2v) is 3.39. The van der Waals surface area contributed by atoms with Crippen LogP contribution in [0.2, 0.25) is 0 Å². The van der Waals surface area contributed by atoms with E-state index < -0.39 is 13.7 Å². The molecule has 2 heteroatoms. The van der Waals surface area contributed by atoms with Crippen molar-refractivity contribution in [2.75, 3.05) is 0 Å². The molecule has 0 aliphatic heterocycles. The minimum atomic E-state index is -2.34. The first-order valence-corrected chi connectivity index (χ1v) is 3.87. The van der Waals surface area contributed by atoms with Crippen molar-refractivity contribution in [3.8, 4) is 0 Å². The largest absolute Gasteiger partial charge is 0.246 e. The molecule has 0 atom stereocenters. The van der Waals surface area contributed by atoms with Gasteiger partial charge < -0.3 is 0 Å². The third kappa shape index (κ3) is 1.37. The number of hydrogen-bond acceptors (Lipinski definition) is 2. The fraction of sp³-hybridized carbons (Fsp3) is 0.625.